The van der Waals surface area contributed by atoms with Gasteiger partial charge in [-0.3, -0.25) is 0 Å². The van der Waals surface area contributed by atoms with Crippen LogP contribution < -0.4 is 4.90 Å². The summed E-state index contributed by atoms with van der Waals surface area (Å²) in [5.74, 6) is 1.07. The SMILES string of the molecule is Cc1oc(-c2ccno2)cc1S(=O)(=O)N1CCN(c2cccc(Cl)c2)CC1. The molecule has 1 saturated heterocycles. The van der Waals surface area contributed by atoms with E-state index in [9.17, 15) is 8.42 Å². The summed E-state index contributed by atoms with van der Waals surface area (Å²) in [4.78, 5) is 2.28. The number of anilines is 1. The second kappa shape index (κ2) is 7.03. The van der Waals surface area contributed by atoms with Crippen LogP contribution in [0.5, 0.6) is 0 Å². The number of halogens is 1. The molecule has 7 nitrogen and oxygen atoms in total. The Morgan fingerprint density at radius 2 is 1.85 bits per heavy atom. The summed E-state index contributed by atoms with van der Waals surface area (Å²) in [5.41, 5.74) is 0.992. The normalized spacial score (nSPS) is 16.0. The molecule has 1 aliphatic rings. The van der Waals surface area contributed by atoms with Crippen LogP contribution in [-0.4, -0.2) is 44.1 Å². The van der Waals surface area contributed by atoms with Gasteiger partial charge in [-0.2, -0.15) is 4.31 Å². The van der Waals surface area contributed by atoms with Gasteiger partial charge >= 0.3 is 0 Å². The van der Waals surface area contributed by atoms with Gasteiger partial charge < -0.3 is 13.8 Å². The van der Waals surface area contributed by atoms with Crippen molar-refractivity contribution in [3.63, 3.8) is 0 Å². The summed E-state index contributed by atoms with van der Waals surface area (Å²) in [6, 6.07) is 10.7. The Balaban J connectivity index is 1.52. The Morgan fingerprint density at radius 3 is 2.52 bits per heavy atom. The van der Waals surface area contributed by atoms with Crippen LogP contribution in [0.15, 0.2) is 56.4 Å². The molecule has 1 aliphatic heterocycles. The van der Waals surface area contributed by atoms with Crippen LogP contribution in [0.2, 0.25) is 5.02 Å². The molecule has 0 atom stereocenters. The first-order valence-electron chi connectivity index (χ1n) is 8.47. The highest BCUT2D eigenvalue weighted by Gasteiger charge is 2.32. The lowest BCUT2D eigenvalue weighted by Gasteiger charge is -2.35. The van der Waals surface area contributed by atoms with Crippen molar-refractivity contribution in [3.05, 3.63) is 53.4 Å². The van der Waals surface area contributed by atoms with Gasteiger partial charge in [0.2, 0.25) is 15.8 Å². The van der Waals surface area contributed by atoms with Gasteiger partial charge in [0.15, 0.2) is 5.76 Å². The van der Waals surface area contributed by atoms with Crippen molar-refractivity contribution in [2.24, 2.45) is 0 Å². The largest absolute Gasteiger partial charge is 0.457 e. The summed E-state index contributed by atoms with van der Waals surface area (Å²) >= 11 is 6.05. The predicted octanol–water partition coefficient (Wildman–Crippen LogP) is 3.41. The monoisotopic (exact) mass is 407 g/mol. The van der Waals surface area contributed by atoms with Crippen LogP contribution in [0.3, 0.4) is 0 Å². The number of nitrogens with zero attached hydrogens (tertiary/aromatic N) is 3. The molecular weight excluding hydrogens is 390 g/mol. The highest BCUT2D eigenvalue weighted by Crippen LogP contribution is 2.30. The lowest BCUT2D eigenvalue weighted by Crippen LogP contribution is -2.48. The number of aryl methyl sites for hydroxylation is 1. The number of piperazine rings is 1. The third kappa shape index (κ3) is 3.47. The lowest BCUT2D eigenvalue weighted by atomic mass is 10.2. The molecule has 27 heavy (non-hydrogen) atoms. The zero-order chi connectivity index (χ0) is 19.0. The summed E-state index contributed by atoms with van der Waals surface area (Å²) in [7, 11) is -3.65. The first kappa shape index (κ1) is 18.1. The number of hydrogen-bond acceptors (Lipinski definition) is 6. The smallest absolute Gasteiger partial charge is 0.246 e. The Kier molecular flexibility index (Phi) is 4.71. The van der Waals surface area contributed by atoms with Crippen LogP contribution in [0.25, 0.3) is 11.5 Å². The minimum absolute atomic E-state index is 0.158. The van der Waals surface area contributed by atoms with E-state index in [1.54, 1.807) is 13.0 Å². The van der Waals surface area contributed by atoms with Crippen molar-refractivity contribution >= 4 is 27.3 Å². The maximum Gasteiger partial charge on any atom is 0.246 e. The van der Waals surface area contributed by atoms with Crippen LogP contribution in [0.4, 0.5) is 5.69 Å². The molecule has 0 aliphatic carbocycles. The van der Waals surface area contributed by atoms with E-state index in [-0.39, 0.29) is 4.90 Å². The van der Waals surface area contributed by atoms with Gasteiger partial charge in [-0.25, -0.2) is 8.42 Å². The molecule has 0 spiro atoms. The topological polar surface area (TPSA) is 79.8 Å². The van der Waals surface area contributed by atoms with Crippen molar-refractivity contribution < 1.29 is 17.4 Å². The Bertz CT molecular complexity index is 1040. The highest BCUT2D eigenvalue weighted by atomic mass is 35.5. The molecule has 3 aromatic rings. The standard InChI is InChI=1S/C18H18ClN3O4S/c1-13-18(12-17(25-13)16-5-6-20-26-16)27(23,24)22-9-7-21(8-10-22)15-4-2-3-14(19)11-15/h2-6,11-12H,7-10H2,1H3. The summed E-state index contributed by atoms with van der Waals surface area (Å²) in [6.07, 6.45) is 1.48. The second-order valence-corrected chi connectivity index (χ2v) is 8.62. The van der Waals surface area contributed by atoms with Crippen LogP contribution >= 0.6 is 11.6 Å². The molecule has 1 fully saturated rings. The Labute approximate surface area is 162 Å². The number of furan rings is 1. The van der Waals surface area contributed by atoms with Gasteiger partial charge in [0.1, 0.15) is 10.7 Å². The quantitative estimate of drug-likeness (QED) is 0.659. The second-order valence-electron chi connectivity index (χ2n) is 6.28. The minimum Gasteiger partial charge on any atom is -0.457 e. The third-order valence-corrected chi connectivity index (χ3v) is 6.82. The molecule has 0 amide bonds. The number of hydrogen-bond donors (Lipinski definition) is 0. The van der Waals surface area contributed by atoms with E-state index >= 15 is 0 Å². The maximum absolute atomic E-state index is 13.1. The average Bonchev–Trinajstić information content (AvgIpc) is 3.31. The van der Waals surface area contributed by atoms with E-state index in [4.69, 9.17) is 20.5 Å². The zero-order valence-corrected chi connectivity index (χ0v) is 16.2. The lowest BCUT2D eigenvalue weighted by molar-refractivity contribution is 0.383. The van der Waals surface area contributed by atoms with Gasteiger partial charge in [0.25, 0.3) is 0 Å². The number of rotatable bonds is 4. The molecule has 0 unspecified atom stereocenters. The van der Waals surface area contributed by atoms with Crippen LogP contribution in [0.1, 0.15) is 5.76 Å². The molecule has 0 N–H and O–H groups in total. The third-order valence-electron chi connectivity index (χ3n) is 4.58. The molecule has 1 aromatic carbocycles. The molecule has 0 radical (unpaired) electrons. The van der Waals surface area contributed by atoms with Crippen molar-refractivity contribution in [1.82, 2.24) is 9.46 Å². The fourth-order valence-electron chi connectivity index (χ4n) is 3.18. The Hall–Kier alpha value is -2.29. The predicted molar refractivity (Wildman–Crippen MR) is 101 cm³/mol. The van der Waals surface area contributed by atoms with Crippen molar-refractivity contribution in [2.45, 2.75) is 11.8 Å². The molecule has 3 heterocycles. The molecule has 0 saturated carbocycles. The number of aromatic nitrogens is 1. The van der Waals surface area contributed by atoms with Crippen molar-refractivity contribution in [3.8, 4) is 11.5 Å². The fraction of sp³-hybridized carbons (Fsp3) is 0.278. The van der Waals surface area contributed by atoms with Crippen LogP contribution in [0, 0.1) is 6.92 Å². The first-order chi connectivity index (χ1) is 12.9. The van der Waals surface area contributed by atoms with E-state index in [0.717, 1.165) is 5.69 Å². The highest BCUT2D eigenvalue weighted by molar-refractivity contribution is 7.89. The summed E-state index contributed by atoms with van der Waals surface area (Å²) in [5, 5.41) is 4.29. The molecular formula is C18H18ClN3O4S. The maximum atomic E-state index is 13.1. The van der Waals surface area contributed by atoms with Crippen molar-refractivity contribution in [1.29, 1.82) is 0 Å². The van der Waals surface area contributed by atoms with Gasteiger partial charge in [-0.15, -0.1) is 0 Å². The number of benzene rings is 1. The fourth-order valence-corrected chi connectivity index (χ4v) is 4.95. The van der Waals surface area contributed by atoms with Crippen LogP contribution in [-0.2, 0) is 10.0 Å². The first-order valence-corrected chi connectivity index (χ1v) is 10.3. The van der Waals surface area contributed by atoms with E-state index < -0.39 is 10.0 Å². The molecule has 4 rings (SSSR count). The van der Waals surface area contributed by atoms with E-state index in [2.05, 4.69) is 10.1 Å². The van der Waals surface area contributed by atoms with E-state index in [1.807, 2.05) is 24.3 Å². The Morgan fingerprint density at radius 1 is 1.07 bits per heavy atom. The summed E-state index contributed by atoms with van der Waals surface area (Å²) in [6.45, 7) is 3.58. The van der Waals surface area contributed by atoms with Gasteiger partial charge in [0.05, 0.1) is 6.20 Å². The van der Waals surface area contributed by atoms with Gasteiger partial charge in [-0.1, -0.05) is 22.8 Å². The molecule has 0 bridgehead atoms. The molecule has 9 heteroatoms. The zero-order valence-electron chi connectivity index (χ0n) is 14.6. The van der Waals surface area contributed by atoms with E-state index in [1.165, 1.54) is 16.6 Å². The number of sulfonamides is 1. The van der Waals surface area contributed by atoms with E-state index in [0.29, 0.717) is 48.5 Å². The molecule has 142 valence electrons. The van der Waals surface area contributed by atoms with Gasteiger partial charge in [-0.05, 0) is 25.1 Å². The van der Waals surface area contributed by atoms with Crippen molar-refractivity contribution in [2.75, 3.05) is 31.1 Å². The average molecular weight is 408 g/mol. The summed E-state index contributed by atoms with van der Waals surface area (Å²) < 4.78 is 38.2. The molecule has 2 aromatic heterocycles. The minimum atomic E-state index is -3.65. The van der Waals surface area contributed by atoms with Gasteiger partial charge in [0, 0.05) is 49.0 Å².